The number of hydrogen-bond donors (Lipinski definition) is 1. The molecule has 140 valence electrons. The Hall–Kier alpha value is -2.24. The average Bonchev–Trinajstić information content (AvgIpc) is 2.58. The van der Waals surface area contributed by atoms with Gasteiger partial charge in [-0.15, -0.1) is 0 Å². The Bertz CT molecular complexity index is 571. The maximum Gasteiger partial charge on any atom is 0.338 e. The van der Waals surface area contributed by atoms with E-state index in [1.165, 1.54) is 0 Å². The summed E-state index contributed by atoms with van der Waals surface area (Å²) in [5.41, 5.74) is 0.316. The molecule has 1 atom stereocenters. The highest BCUT2D eigenvalue weighted by Crippen LogP contribution is 2.29. The van der Waals surface area contributed by atoms with Crippen LogP contribution < -0.4 is 14.8 Å². The Morgan fingerprint density at radius 1 is 1.08 bits per heavy atom. The van der Waals surface area contributed by atoms with E-state index in [-0.39, 0.29) is 18.6 Å². The van der Waals surface area contributed by atoms with E-state index in [1.807, 2.05) is 20.8 Å². The van der Waals surface area contributed by atoms with Gasteiger partial charge in [0.1, 0.15) is 0 Å². The molecular weight excluding hydrogens is 322 g/mol. The maximum atomic E-state index is 12.1. The van der Waals surface area contributed by atoms with E-state index in [2.05, 4.69) is 19.2 Å². The van der Waals surface area contributed by atoms with Crippen LogP contribution in [0.15, 0.2) is 18.2 Å². The molecule has 0 radical (unpaired) electrons. The van der Waals surface area contributed by atoms with E-state index in [4.69, 9.17) is 14.2 Å². The molecule has 0 aliphatic rings. The van der Waals surface area contributed by atoms with Gasteiger partial charge in [-0.25, -0.2) is 4.79 Å². The van der Waals surface area contributed by atoms with Crippen molar-refractivity contribution in [3.63, 3.8) is 0 Å². The molecule has 0 aromatic heterocycles. The number of amides is 1. The second kappa shape index (κ2) is 10.6. The zero-order valence-electron chi connectivity index (χ0n) is 15.8. The maximum absolute atomic E-state index is 12.1. The van der Waals surface area contributed by atoms with Crippen molar-refractivity contribution in [1.82, 2.24) is 5.32 Å². The first kappa shape index (κ1) is 20.8. The summed E-state index contributed by atoms with van der Waals surface area (Å²) >= 11 is 0. The van der Waals surface area contributed by atoms with Gasteiger partial charge in [0.25, 0.3) is 5.91 Å². The predicted octanol–water partition coefficient (Wildman–Crippen LogP) is 3.19. The first-order chi connectivity index (χ1) is 11.9. The van der Waals surface area contributed by atoms with Crippen LogP contribution in [-0.4, -0.2) is 37.7 Å². The molecular formula is C19H29NO5. The quantitative estimate of drug-likeness (QED) is 0.655. The number of rotatable bonds is 10. The zero-order chi connectivity index (χ0) is 18.8. The van der Waals surface area contributed by atoms with Crippen molar-refractivity contribution in [2.45, 2.75) is 47.1 Å². The van der Waals surface area contributed by atoms with Gasteiger partial charge in [-0.05, 0) is 44.4 Å². The summed E-state index contributed by atoms with van der Waals surface area (Å²) < 4.78 is 16.3. The molecule has 1 N–H and O–H groups in total. The highest BCUT2D eigenvalue weighted by atomic mass is 16.5. The number of hydrogen-bond acceptors (Lipinski definition) is 5. The van der Waals surface area contributed by atoms with E-state index >= 15 is 0 Å². The van der Waals surface area contributed by atoms with Gasteiger partial charge in [0.15, 0.2) is 18.1 Å². The van der Waals surface area contributed by atoms with Crippen molar-refractivity contribution >= 4 is 11.9 Å². The fourth-order valence-corrected chi connectivity index (χ4v) is 1.91. The highest BCUT2D eigenvalue weighted by Gasteiger charge is 2.15. The molecule has 25 heavy (non-hydrogen) atoms. The lowest BCUT2D eigenvalue weighted by Gasteiger charge is -2.15. The van der Waals surface area contributed by atoms with E-state index in [1.54, 1.807) is 18.2 Å². The molecule has 6 nitrogen and oxygen atoms in total. The molecule has 1 aromatic rings. The second-order valence-corrected chi connectivity index (χ2v) is 6.25. The van der Waals surface area contributed by atoms with Gasteiger partial charge in [-0.3, -0.25) is 4.79 Å². The van der Waals surface area contributed by atoms with E-state index in [0.717, 1.165) is 6.42 Å². The van der Waals surface area contributed by atoms with Crippen LogP contribution in [0.2, 0.25) is 0 Å². The number of esters is 1. The minimum atomic E-state index is -0.573. The summed E-state index contributed by atoms with van der Waals surface area (Å²) in [7, 11) is 0. The topological polar surface area (TPSA) is 73.9 Å². The lowest BCUT2D eigenvalue weighted by atomic mass is 10.2. The van der Waals surface area contributed by atoms with Crippen LogP contribution in [-0.2, 0) is 9.53 Å². The highest BCUT2D eigenvalue weighted by molar-refractivity contribution is 5.92. The number of nitrogens with one attached hydrogen (secondary N) is 1. The van der Waals surface area contributed by atoms with Gasteiger partial charge in [0.05, 0.1) is 18.8 Å². The lowest BCUT2D eigenvalue weighted by Crippen LogP contribution is -2.35. The standard InChI is InChI=1S/C19H29NO5/c1-6-14(5)20-18(21)12-25-19(22)15-8-9-16(24-11-13(3)4)17(10-15)23-7-2/h8-10,13-14H,6-7,11-12H2,1-5H3,(H,20,21). The minimum Gasteiger partial charge on any atom is -0.490 e. The molecule has 1 aromatic carbocycles. The largest absolute Gasteiger partial charge is 0.490 e. The SMILES string of the molecule is CCOc1cc(C(=O)OCC(=O)NC(C)CC)ccc1OCC(C)C. The van der Waals surface area contributed by atoms with Crippen LogP contribution in [0.4, 0.5) is 0 Å². The Morgan fingerprint density at radius 3 is 2.40 bits per heavy atom. The third kappa shape index (κ3) is 7.45. The van der Waals surface area contributed by atoms with Crippen LogP contribution in [0.3, 0.4) is 0 Å². The van der Waals surface area contributed by atoms with E-state index in [9.17, 15) is 9.59 Å². The molecule has 0 bridgehead atoms. The van der Waals surface area contributed by atoms with Gasteiger partial charge in [0.2, 0.25) is 0 Å². The molecule has 0 heterocycles. The average molecular weight is 351 g/mol. The zero-order valence-corrected chi connectivity index (χ0v) is 15.8. The molecule has 0 saturated carbocycles. The van der Waals surface area contributed by atoms with Gasteiger partial charge in [-0.1, -0.05) is 20.8 Å². The number of carbonyl (C=O) groups is 2. The summed E-state index contributed by atoms with van der Waals surface area (Å²) in [4.78, 5) is 23.8. The molecule has 1 amide bonds. The fourth-order valence-electron chi connectivity index (χ4n) is 1.91. The van der Waals surface area contributed by atoms with Crippen molar-refractivity contribution in [2.24, 2.45) is 5.92 Å². The van der Waals surface area contributed by atoms with Gasteiger partial charge in [0, 0.05) is 6.04 Å². The van der Waals surface area contributed by atoms with Crippen LogP contribution >= 0.6 is 0 Å². The molecule has 6 heteroatoms. The van der Waals surface area contributed by atoms with Crippen LogP contribution in [0.25, 0.3) is 0 Å². The fraction of sp³-hybridized carbons (Fsp3) is 0.579. The van der Waals surface area contributed by atoms with Crippen molar-refractivity contribution in [3.05, 3.63) is 23.8 Å². The first-order valence-corrected chi connectivity index (χ1v) is 8.73. The van der Waals surface area contributed by atoms with E-state index < -0.39 is 5.97 Å². The number of ether oxygens (including phenoxy) is 3. The normalized spacial score (nSPS) is 11.8. The summed E-state index contributed by atoms with van der Waals surface area (Å²) in [6.07, 6.45) is 0.815. The molecule has 0 aliphatic heterocycles. The van der Waals surface area contributed by atoms with Crippen LogP contribution in [0.5, 0.6) is 11.5 Å². The molecule has 0 aliphatic carbocycles. The minimum absolute atomic E-state index is 0.0492. The monoisotopic (exact) mass is 351 g/mol. The molecule has 0 fully saturated rings. The molecule has 1 rings (SSSR count). The summed E-state index contributed by atoms with van der Waals surface area (Å²) in [6.45, 7) is 10.5. The van der Waals surface area contributed by atoms with Gasteiger partial charge in [-0.2, -0.15) is 0 Å². The second-order valence-electron chi connectivity index (χ2n) is 6.25. The Balaban J connectivity index is 2.71. The Labute approximate surface area is 149 Å². The summed E-state index contributed by atoms with van der Waals surface area (Å²) in [5, 5.41) is 2.74. The first-order valence-electron chi connectivity index (χ1n) is 8.73. The van der Waals surface area contributed by atoms with E-state index in [0.29, 0.717) is 36.2 Å². The van der Waals surface area contributed by atoms with Crippen molar-refractivity contribution < 1.29 is 23.8 Å². The lowest BCUT2D eigenvalue weighted by molar-refractivity contribution is -0.124. The molecule has 0 saturated heterocycles. The van der Waals surface area contributed by atoms with Crippen molar-refractivity contribution in [1.29, 1.82) is 0 Å². The Kier molecular flexibility index (Phi) is 8.81. The summed E-state index contributed by atoms with van der Waals surface area (Å²) in [6, 6.07) is 4.91. The molecule has 1 unspecified atom stereocenters. The molecule has 0 spiro atoms. The van der Waals surface area contributed by atoms with Crippen LogP contribution in [0.1, 0.15) is 51.4 Å². The van der Waals surface area contributed by atoms with Crippen LogP contribution in [0, 0.1) is 5.92 Å². The predicted molar refractivity (Wildman–Crippen MR) is 96.1 cm³/mol. The number of carbonyl (C=O) groups excluding carboxylic acids is 2. The van der Waals surface area contributed by atoms with Gasteiger partial charge >= 0.3 is 5.97 Å². The van der Waals surface area contributed by atoms with Crippen molar-refractivity contribution in [2.75, 3.05) is 19.8 Å². The number of benzene rings is 1. The third-order valence-corrected chi connectivity index (χ3v) is 3.41. The summed E-state index contributed by atoms with van der Waals surface area (Å²) in [5.74, 6) is 0.562. The smallest absolute Gasteiger partial charge is 0.338 e. The van der Waals surface area contributed by atoms with Gasteiger partial charge < -0.3 is 19.5 Å². The Morgan fingerprint density at radius 2 is 1.80 bits per heavy atom. The van der Waals surface area contributed by atoms with Crippen molar-refractivity contribution in [3.8, 4) is 11.5 Å². The third-order valence-electron chi connectivity index (χ3n) is 3.41.